The summed E-state index contributed by atoms with van der Waals surface area (Å²) >= 11 is 0. The quantitative estimate of drug-likeness (QED) is 0.503. The number of aryl methyl sites for hydroxylation is 1. The SMILES string of the molecule is CCc1nc(NN)cc(Nc2ccc3ncccc3c2)n1. The second kappa shape index (κ2) is 5.72. The number of hydrogen-bond donors (Lipinski definition) is 3. The number of hydrazine groups is 1. The molecule has 0 aliphatic rings. The second-order valence-electron chi connectivity index (χ2n) is 4.59. The lowest BCUT2D eigenvalue weighted by Crippen LogP contribution is -2.11. The van der Waals surface area contributed by atoms with Crippen LogP contribution in [0.4, 0.5) is 17.3 Å². The van der Waals surface area contributed by atoms with E-state index in [4.69, 9.17) is 5.84 Å². The molecule has 3 rings (SSSR count). The Morgan fingerprint density at radius 3 is 2.76 bits per heavy atom. The Bertz CT molecular complexity index is 749. The highest BCUT2D eigenvalue weighted by molar-refractivity contribution is 5.83. The maximum Gasteiger partial charge on any atom is 0.145 e. The van der Waals surface area contributed by atoms with Crippen molar-refractivity contribution >= 4 is 28.2 Å². The van der Waals surface area contributed by atoms with Gasteiger partial charge in [0, 0.05) is 29.8 Å². The van der Waals surface area contributed by atoms with Gasteiger partial charge < -0.3 is 10.7 Å². The number of nitrogen functional groups attached to an aromatic ring is 1. The molecule has 2 aromatic heterocycles. The molecule has 3 aromatic rings. The molecule has 6 heteroatoms. The third-order valence-electron chi connectivity index (χ3n) is 3.11. The predicted octanol–water partition coefficient (Wildman–Crippen LogP) is 2.62. The fourth-order valence-corrected chi connectivity index (χ4v) is 2.09. The summed E-state index contributed by atoms with van der Waals surface area (Å²) in [6.45, 7) is 2.00. The minimum atomic E-state index is 0.590. The Morgan fingerprint density at radius 2 is 1.95 bits per heavy atom. The van der Waals surface area contributed by atoms with Crippen LogP contribution < -0.4 is 16.6 Å². The van der Waals surface area contributed by atoms with Gasteiger partial charge in [-0.3, -0.25) is 4.98 Å². The van der Waals surface area contributed by atoms with Gasteiger partial charge in [-0.15, -0.1) is 0 Å². The number of benzene rings is 1. The van der Waals surface area contributed by atoms with E-state index < -0.39 is 0 Å². The number of nitrogens with two attached hydrogens (primary N) is 1. The van der Waals surface area contributed by atoms with Crippen LogP contribution in [0.15, 0.2) is 42.6 Å². The molecule has 0 aliphatic heterocycles. The maximum atomic E-state index is 5.43. The molecule has 0 bridgehead atoms. The Kier molecular flexibility index (Phi) is 3.61. The largest absolute Gasteiger partial charge is 0.340 e. The van der Waals surface area contributed by atoms with Crippen molar-refractivity contribution in [3.05, 3.63) is 48.4 Å². The molecule has 6 nitrogen and oxygen atoms in total. The summed E-state index contributed by atoms with van der Waals surface area (Å²) in [6.07, 6.45) is 2.53. The Morgan fingerprint density at radius 1 is 1.10 bits per heavy atom. The Balaban J connectivity index is 1.94. The minimum Gasteiger partial charge on any atom is -0.340 e. The zero-order valence-corrected chi connectivity index (χ0v) is 11.7. The number of nitrogens with zero attached hydrogens (tertiary/aromatic N) is 3. The lowest BCUT2D eigenvalue weighted by molar-refractivity contribution is 0.941. The molecule has 0 aliphatic carbocycles. The molecular formula is C15H16N6. The molecule has 0 saturated carbocycles. The molecule has 0 saturated heterocycles. The molecule has 4 N–H and O–H groups in total. The van der Waals surface area contributed by atoms with Crippen LogP contribution in [-0.2, 0) is 6.42 Å². The number of anilines is 3. The molecule has 0 unspecified atom stereocenters. The summed E-state index contributed by atoms with van der Waals surface area (Å²) in [4.78, 5) is 13.0. The molecule has 1 aromatic carbocycles. The van der Waals surface area contributed by atoms with Crippen molar-refractivity contribution in [1.82, 2.24) is 15.0 Å². The standard InChI is InChI=1S/C15H16N6/c1-2-13-19-14(9-15(20-13)21-16)18-11-5-6-12-10(8-11)4-3-7-17-12/h3-9H,2,16H2,1H3,(H2,18,19,20,21). The summed E-state index contributed by atoms with van der Waals surface area (Å²) < 4.78 is 0. The normalized spacial score (nSPS) is 10.6. The van der Waals surface area contributed by atoms with E-state index in [0.29, 0.717) is 11.6 Å². The summed E-state index contributed by atoms with van der Waals surface area (Å²) in [5.41, 5.74) is 4.46. The van der Waals surface area contributed by atoms with Crippen molar-refractivity contribution in [2.75, 3.05) is 10.7 Å². The highest BCUT2D eigenvalue weighted by Gasteiger charge is 2.04. The number of aromatic nitrogens is 3. The average Bonchev–Trinajstić information content (AvgIpc) is 2.54. The lowest BCUT2D eigenvalue weighted by Gasteiger charge is -2.09. The van der Waals surface area contributed by atoms with Crippen LogP contribution in [-0.4, -0.2) is 15.0 Å². The minimum absolute atomic E-state index is 0.590. The van der Waals surface area contributed by atoms with Crippen molar-refractivity contribution < 1.29 is 0 Å². The molecule has 0 radical (unpaired) electrons. The van der Waals surface area contributed by atoms with E-state index >= 15 is 0 Å². The number of fused-ring (bicyclic) bond motifs is 1. The van der Waals surface area contributed by atoms with Crippen molar-refractivity contribution in [2.24, 2.45) is 5.84 Å². The zero-order chi connectivity index (χ0) is 14.7. The lowest BCUT2D eigenvalue weighted by atomic mass is 10.2. The van der Waals surface area contributed by atoms with Crippen LogP contribution in [0.25, 0.3) is 10.9 Å². The van der Waals surface area contributed by atoms with Gasteiger partial charge in [0.25, 0.3) is 0 Å². The van der Waals surface area contributed by atoms with Gasteiger partial charge in [0.2, 0.25) is 0 Å². The van der Waals surface area contributed by atoms with E-state index in [1.807, 2.05) is 37.3 Å². The highest BCUT2D eigenvalue weighted by Crippen LogP contribution is 2.21. The average molecular weight is 280 g/mol. The molecule has 0 spiro atoms. The molecule has 0 fully saturated rings. The zero-order valence-electron chi connectivity index (χ0n) is 11.7. The fourth-order valence-electron chi connectivity index (χ4n) is 2.09. The molecule has 21 heavy (non-hydrogen) atoms. The van der Waals surface area contributed by atoms with Crippen LogP contribution >= 0.6 is 0 Å². The Labute approximate surface area is 122 Å². The molecule has 0 atom stereocenters. The van der Waals surface area contributed by atoms with Crippen molar-refractivity contribution in [3.8, 4) is 0 Å². The number of hydrogen-bond acceptors (Lipinski definition) is 6. The van der Waals surface area contributed by atoms with E-state index in [9.17, 15) is 0 Å². The predicted molar refractivity (Wildman–Crippen MR) is 84.2 cm³/mol. The van der Waals surface area contributed by atoms with Crippen LogP contribution in [0.5, 0.6) is 0 Å². The number of nitrogens with one attached hydrogen (secondary N) is 2. The van der Waals surface area contributed by atoms with Gasteiger partial charge in [-0.05, 0) is 24.3 Å². The smallest absolute Gasteiger partial charge is 0.145 e. The monoisotopic (exact) mass is 280 g/mol. The van der Waals surface area contributed by atoms with E-state index in [-0.39, 0.29) is 0 Å². The van der Waals surface area contributed by atoms with E-state index in [2.05, 4.69) is 25.7 Å². The topological polar surface area (TPSA) is 88.8 Å². The summed E-state index contributed by atoms with van der Waals surface area (Å²) in [5, 5.41) is 4.34. The first-order valence-corrected chi connectivity index (χ1v) is 6.75. The van der Waals surface area contributed by atoms with Gasteiger partial charge in [-0.2, -0.15) is 0 Å². The molecule has 2 heterocycles. The highest BCUT2D eigenvalue weighted by atomic mass is 15.3. The first-order chi connectivity index (χ1) is 10.3. The van der Waals surface area contributed by atoms with E-state index in [1.54, 1.807) is 12.3 Å². The third kappa shape index (κ3) is 2.90. The van der Waals surface area contributed by atoms with Gasteiger partial charge in [0.05, 0.1) is 5.52 Å². The third-order valence-corrected chi connectivity index (χ3v) is 3.11. The van der Waals surface area contributed by atoms with Crippen LogP contribution in [0.3, 0.4) is 0 Å². The molecule has 106 valence electrons. The first kappa shape index (κ1) is 13.3. The van der Waals surface area contributed by atoms with Crippen molar-refractivity contribution in [2.45, 2.75) is 13.3 Å². The van der Waals surface area contributed by atoms with Gasteiger partial charge >= 0.3 is 0 Å². The summed E-state index contributed by atoms with van der Waals surface area (Å²) in [7, 11) is 0. The maximum absolute atomic E-state index is 5.43. The van der Waals surface area contributed by atoms with Crippen LogP contribution in [0.1, 0.15) is 12.7 Å². The van der Waals surface area contributed by atoms with Gasteiger partial charge in [0.1, 0.15) is 17.5 Å². The van der Waals surface area contributed by atoms with Crippen LogP contribution in [0.2, 0.25) is 0 Å². The van der Waals surface area contributed by atoms with Gasteiger partial charge in [-0.25, -0.2) is 15.8 Å². The van der Waals surface area contributed by atoms with Crippen molar-refractivity contribution in [1.29, 1.82) is 0 Å². The fraction of sp³-hybridized carbons (Fsp3) is 0.133. The number of pyridine rings is 1. The summed E-state index contributed by atoms with van der Waals surface area (Å²) in [5.74, 6) is 7.46. The molecule has 0 amide bonds. The van der Waals surface area contributed by atoms with Crippen LogP contribution in [0, 0.1) is 0 Å². The van der Waals surface area contributed by atoms with E-state index in [1.165, 1.54) is 0 Å². The second-order valence-corrected chi connectivity index (χ2v) is 4.59. The number of rotatable bonds is 4. The Hall–Kier alpha value is -2.73. The van der Waals surface area contributed by atoms with Gasteiger partial charge in [0.15, 0.2) is 0 Å². The molecular weight excluding hydrogens is 264 g/mol. The van der Waals surface area contributed by atoms with Gasteiger partial charge in [-0.1, -0.05) is 13.0 Å². The first-order valence-electron chi connectivity index (χ1n) is 6.75. The van der Waals surface area contributed by atoms with Crippen molar-refractivity contribution in [3.63, 3.8) is 0 Å². The summed E-state index contributed by atoms with van der Waals surface area (Å²) in [6, 6.07) is 11.7. The van der Waals surface area contributed by atoms with E-state index in [0.717, 1.165) is 28.8 Å².